The summed E-state index contributed by atoms with van der Waals surface area (Å²) in [4.78, 5) is 2.27. The van der Waals surface area contributed by atoms with Crippen LogP contribution in [0.15, 0.2) is 158 Å². The standard InChI is InChI=1S/C37H29N/c1-38(35-26-24-33(25-27-35)32-18-16-30(17-19-32)28-10-4-2-5-11-28)37-15-9-8-14-36(37)34-22-20-31(21-23-34)29-12-6-3-7-13-29/h2-27H,1H3. The zero-order chi connectivity index (χ0) is 25.7. The van der Waals surface area contributed by atoms with Gasteiger partial charge >= 0.3 is 0 Å². The quantitative estimate of drug-likeness (QED) is 0.226. The molecule has 182 valence electrons. The maximum absolute atomic E-state index is 2.27. The Bertz CT molecular complexity index is 1620. The molecule has 0 saturated heterocycles. The van der Waals surface area contributed by atoms with E-state index in [9.17, 15) is 0 Å². The number of hydrogen-bond acceptors (Lipinski definition) is 1. The van der Waals surface area contributed by atoms with Crippen molar-refractivity contribution in [3.8, 4) is 44.5 Å². The first kappa shape index (κ1) is 23.5. The maximum atomic E-state index is 2.27. The van der Waals surface area contributed by atoms with Gasteiger partial charge in [-0.15, -0.1) is 0 Å². The highest BCUT2D eigenvalue weighted by atomic mass is 15.1. The van der Waals surface area contributed by atoms with Crippen LogP contribution in [-0.2, 0) is 0 Å². The summed E-state index contributed by atoms with van der Waals surface area (Å²) in [7, 11) is 2.14. The molecule has 0 aliphatic carbocycles. The third-order valence-corrected chi connectivity index (χ3v) is 7.15. The first-order chi connectivity index (χ1) is 18.8. The number of nitrogens with zero attached hydrogens (tertiary/aromatic N) is 1. The predicted octanol–water partition coefficient (Wildman–Crippen LogP) is 10.1. The lowest BCUT2D eigenvalue weighted by atomic mass is 9.98. The molecule has 0 saturated carbocycles. The summed E-state index contributed by atoms with van der Waals surface area (Å²) in [6.07, 6.45) is 0. The molecule has 6 aromatic carbocycles. The van der Waals surface area contributed by atoms with Gasteiger partial charge in [0.05, 0.1) is 0 Å². The molecule has 0 aliphatic heterocycles. The van der Waals surface area contributed by atoms with Gasteiger partial charge in [0.1, 0.15) is 0 Å². The first-order valence-corrected chi connectivity index (χ1v) is 13.0. The van der Waals surface area contributed by atoms with E-state index in [-0.39, 0.29) is 0 Å². The summed E-state index contributed by atoms with van der Waals surface area (Å²) < 4.78 is 0. The Morgan fingerprint density at radius 3 is 1.13 bits per heavy atom. The summed E-state index contributed by atoms with van der Waals surface area (Å²) in [5.41, 5.74) is 12.1. The second-order valence-electron chi connectivity index (χ2n) is 9.51. The molecule has 1 nitrogen and oxygen atoms in total. The molecule has 6 aromatic rings. The van der Waals surface area contributed by atoms with Crippen LogP contribution in [0.4, 0.5) is 11.4 Å². The number of hydrogen-bond donors (Lipinski definition) is 0. The average molecular weight is 488 g/mol. The van der Waals surface area contributed by atoms with E-state index in [1.807, 2.05) is 0 Å². The molecule has 0 fully saturated rings. The summed E-state index contributed by atoms with van der Waals surface area (Å²) >= 11 is 0. The molecule has 6 rings (SSSR count). The minimum Gasteiger partial charge on any atom is -0.344 e. The molecule has 0 atom stereocenters. The van der Waals surface area contributed by atoms with Crippen molar-refractivity contribution in [1.82, 2.24) is 0 Å². The van der Waals surface area contributed by atoms with E-state index in [0.29, 0.717) is 0 Å². The van der Waals surface area contributed by atoms with Crippen molar-refractivity contribution in [3.63, 3.8) is 0 Å². The van der Waals surface area contributed by atoms with Crippen LogP contribution in [0.3, 0.4) is 0 Å². The van der Waals surface area contributed by atoms with E-state index >= 15 is 0 Å². The Morgan fingerprint density at radius 1 is 0.316 bits per heavy atom. The van der Waals surface area contributed by atoms with E-state index in [1.54, 1.807) is 0 Å². The lowest BCUT2D eigenvalue weighted by molar-refractivity contribution is 1.21. The van der Waals surface area contributed by atoms with Crippen LogP contribution in [0.5, 0.6) is 0 Å². The van der Waals surface area contributed by atoms with E-state index in [0.717, 1.165) is 5.69 Å². The van der Waals surface area contributed by atoms with Crippen LogP contribution in [0.2, 0.25) is 0 Å². The SMILES string of the molecule is CN(c1ccc(-c2ccc(-c3ccccc3)cc2)cc1)c1ccccc1-c1ccc(-c2ccccc2)cc1. The van der Waals surface area contributed by atoms with Crippen LogP contribution in [0.1, 0.15) is 0 Å². The minimum absolute atomic E-state index is 1.16. The summed E-state index contributed by atoms with van der Waals surface area (Å²) in [6.45, 7) is 0. The molecular formula is C37H29N. The smallest absolute Gasteiger partial charge is 0.0487 e. The van der Waals surface area contributed by atoms with E-state index in [2.05, 4.69) is 170 Å². The fourth-order valence-corrected chi connectivity index (χ4v) is 4.99. The molecule has 0 N–H and O–H groups in total. The van der Waals surface area contributed by atoms with Gasteiger partial charge in [-0.05, 0) is 57.1 Å². The number of anilines is 2. The zero-order valence-electron chi connectivity index (χ0n) is 21.5. The Kier molecular flexibility index (Phi) is 6.57. The molecule has 0 heterocycles. The van der Waals surface area contributed by atoms with Crippen molar-refractivity contribution in [3.05, 3.63) is 158 Å². The van der Waals surface area contributed by atoms with Crippen molar-refractivity contribution in [2.45, 2.75) is 0 Å². The Labute approximate surface area is 225 Å². The van der Waals surface area contributed by atoms with Crippen molar-refractivity contribution >= 4 is 11.4 Å². The summed E-state index contributed by atoms with van der Waals surface area (Å²) in [5, 5.41) is 0. The lowest BCUT2D eigenvalue weighted by Gasteiger charge is -2.23. The molecule has 0 radical (unpaired) electrons. The molecule has 0 spiro atoms. The molecule has 0 aliphatic rings. The summed E-state index contributed by atoms with van der Waals surface area (Å²) in [6, 6.07) is 56.1. The highest BCUT2D eigenvalue weighted by molar-refractivity contribution is 5.83. The fraction of sp³-hybridized carbons (Fsp3) is 0.0270. The largest absolute Gasteiger partial charge is 0.344 e. The fourth-order valence-electron chi connectivity index (χ4n) is 4.99. The van der Waals surface area contributed by atoms with Gasteiger partial charge < -0.3 is 4.90 Å². The molecular weight excluding hydrogens is 458 g/mol. The highest BCUT2D eigenvalue weighted by Crippen LogP contribution is 2.36. The van der Waals surface area contributed by atoms with Crippen LogP contribution in [0.25, 0.3) is 44.5 Å². The average Bonchev–Trinajstić information content (AvgIpc) is 3.02. The van der Waals surface area contributed by atoms with Crippen molar-refractivity contribution in [2.75, 3.05) is 11.9 Å². The van der Waals surface area contributed by atoms with Gasteiger partial charge in [-0.2, -0.15) is 0 Å². The Hall–Kier alpha value is -4.88. The predicted molar refractivity (Wildman–Crippen MR) is 163 cm³/mol. The molecule has 0 unspecified atom stereocenters. The van der Waals surface area contributed by atoms with Gasteiger partial charge in [0.15, 0.2) is 0 Å². The van der Waals surface area contributed by atoms with Crippen molar-refractivity contribution < 1.29 is 0 Å². The second kappa shape index (κ2) is 10.6. The highest BCUT2D eigenvalue weighted by Gasteiger charge is 2.11. The van der Waals surface area contributed by atoms with Gasteiger partial charge in [0.2, 0.25) is 0 Å². The van der Waals surface area contributed by atoms with Gasteiger partial charge in [-0.3, -0.25) is 0 Å². The topological polar surface area (TPSA) is 3.24 Å². The normalized spacial score (nSPS) is 10.8. The van der Waals surface area contributed by atoms with Crippen LogP contribution in [-0.4, -0.2) is 7.05 Å². The van der Waals surface area contributed by atoms with Crippen molar-refractivity contribution in [2.24, 2.45) is 0 Å². The molecule has 0 aromatic heterocycles. The van der Waals surface area contributed by atoms with E-state index in [4.69, 9.17) is 0 Å². The third kappa shape index (κ3) is 4.87. The van der Waals surface area contributed by atoms with Gasteiger partial charge in [0, 0.05) is 24.0 Å². The van der Waals surface area contributed by atoms with Gasteiger partial charge in [-0.1, -0.05) is 140 Å². The number of para-hydroxylation sites is 1. The molecule has 0 amide bonds. The second-order valence-corrected chi connectivity index (χ2v) is 9.51. The zero-order valence-corrected chi connectivity index (χ0v) is 21.5. The molecule has 1 heteroatoms. The van der Waals surface area contributed by atoms with Crippen LogP contribution in [0, 0.1) is 0 Å². The summed E-state index contributed by atoms with van der Waals surface area (Å²) in [5.74, 6) is 0. The van der Waals surface area contributed by atoms with Crippen molar-refractivity contribution in [1.29, 1.82) is 0 Å². The third-order valence-electron chi connectivity index (χ3n) is 7.15. The van der Waals surface area contributed by atoms with Crippen LogP contribution >= 0.6 is 0 Å². The Balaban J connectivity index is 1.24. The van der Waals surface area contributed by atoms with E-state index < -0.39 is 0 Å². The minimum atomic E-state index is 1.16. The molecule has 38 heavy (non-hydrogen) atoms. The molecule has 0 bridgehead atoms. The van der Waals surface area contributed by atoms with Gasteiger partial charge in [-0.25, -0.2) is 0 Å². The van der Waals surface area contributed by atoms with E-state index in [1.165, 1.54) is 50.2 Å². The van der Waals surface area contributed by atoms with Gasteiger partial charge in [0.25, 0.3) is 0 Å². The van der Waals surface area contributed by atoms with Crippen LogP contribution < -0.4 is 4.90 Å². The Morgan fingerprint density at radius 2 is 0.658 bits per heavy atom. The first-order valence-electron chi connectivity index (χ1n) is 13.0. The monoisotopic (exact) mass is 487 g/mol. The lowest BCUT2D eigenvalue weighted by Crippen LogP contribution is -2.10. The number of rotatable bonds is 6. The maximum Gasteiger partial charge on any atom is 0.0487 e. The number of benzene rings is 6.